The number of nitrogens with one attached hydrogen (secondary N) is 3. The number of carbonyl (C=O) groups is 1. The smallest absolute Gasteiger partial charge is 0.221 e. The SMILES string of the molecule is CN=C(NCc1ccc(OC)c(NC(C)=O)c1)NCC(O)c1cc2ccccc2s1. The van der Waals surface area contributed by atoms with Gasteiger partial charge in [0.05, 0.1) is 12.8 Å². The minimum absolute atomic E-state index is 0.161. The van der Waals surface area contributed by atoms with Gasteiger partial charge in [-0.25, -0.2) is 0 Å². The number of thiophene rings is 1. The summed E-state index contributed by atoms with van der Waals surface area (Å²) in [5, 5.41) is 20.8. The largest absolute Gasteiger partial charge is 0.495 e. The number of fused-ring (bicyclic) bond motifs is 1. The molecule has 1 amide bonds. The molecule has 0 aliphatic heterocycles. The van der Waals surface area contributed by atoms with E-state index in [4.69, 9.17) is 4.74 Å². The highest BCUT2D eigenvalue weighted by Crippen LogP contribution is 2.29. The number of hydrogen-bond donors (Lipinski definition) is 4. The Balaban J connectivity index is 1.57. The first kappa shape index (κ1) is 21.6. The predicted octanol–water partition coefficient (Wildman–Crippen LogP) is 3.27. The molecule has 0 saturated heterocycles. The zero-order valence-electron chi connectivity index (χ0n) is 17.2. The first-order valence-corrected chi connectivity index (χ1v) is 10.4. The molecule has 0 saturated carbocycles. The second-order valence-electron chi connectivity index (χ2n) is 6.72. The number of aliphatic hydroxyl groups excluding tert-OH is 1. The average Bonchev–Trinajstić information content (AvgIpc) is 3.18. The maximum atomic E-state index is 11.4. The molecule has 7 nitrogen and oxygen atoms in total. The number of anilines is 1. The fourth-order valence-electron chi connectivity index (χ4n) is 3.02. The van der Waals surface area contributed by atoms with Gasteiger partial charge >= 0.3 is 0 Å². The lowest BCUT2D eigenvalue weighted by Crippen LogP contribution is -2.38. The Kier molecular flexibility index (Phi) is 7.26. The quantitative estimate of drug-likeness (QED) is 0.344. The molecular weight excluding hydrogens is 400 g/mol. The number of aliphatic imine (C=N–C) groups is 1. The molecule has 3 rings (SSSR count). The normalized spacial score (nSPS) is 12.5. The van der Waals surface area contributed by atoms with Crippen molar-refractivity contribution in [2.24, 2.45) is 4.99 Å². The van der Waals surface area contributed by atoms with Crippen molar-refractivity contribution in [1.82, 2.24) is 10.6 Å². The monoisotopic (exact) mass is 426 g/mol. The molecule has 1 heterocycles. The summed E-state index contributed by atoms with van der Waals surface area (Å²) in [5.41, 5.74) is 1.57. The number of rotatable bonds is 7. The lowest BCUT2D eigenvalue weighted by molar-refractivity contribution is -0.114. The Morgan fingerprint density at radius 1 is 1.20 bits per heavy atom. The van der Waals surface area contributed by atoms with Crippen LogP contribution in [0.4, 0.5) is 5.69 Å². The summed E-state index contributed by atoms with van der Waals surface area (Å²) >= 11 is 1.59. The second-order valence-corrected chi connectivity index (χ2v) is 7.84. The van der Waals surface area contributed by atoms with Crippen LogP contribution < -0.4 is 20.7 Å². The number of hydrogen-bond acceptors (Lipinski definition) is 5. The van der Waals surface area contributed by atoms with Crippen LogP contribution in [0.1, 0.15) is 23.5 Å². The van der Waals surface area contributed by atoms with Gasteiger partial charge in [0, 0.05) is 36.6 Å². The van der Waals surface area contributed by atoms with Crippen LogP contribution >= 0.6 is 11.3 Å². The molecule has 1 aromatic heterocycles. The summed E-state index contributed by atoms with van der Waals surface area (Å²) in [6, 6.07) is 15.7. The molecule has 2 aromatic carbocycles. The summed E-state index contributed by atoms with van der Waals surface area (Å²) in [4.78, 5) is 16.5. The van der Waals surface area contributed by atoms with Gasteiger partial charge in [-0.15, -0.1) is 11.3 Å². The van der Waals surface area contributed by atoms with Crippen molar-refractivity contribution in [2.75, 3.05) is 26.0 Å². The summed E-state index contributed by atoms with van der Waals surface area (Å²) in [5.74, 6) is 1.01. The first-order chi connectivity index (χ1) is 14.5. The Bertz CT molecular complexity index is 1010. The van der Waals surface area contributed by atoms with Crippen LogP contribution in [-0.4, -0.2) is 37.7 Å². The van der Waals surface area contributed by atoms with Crippen molar-refractivity contribution in [2.45, 2.75) is 19.6 Å². The van der Waals surface area contributed by atoms with Gasteiger partial charge in [0.2, 0.25) is 5.91 Å². The van der Waals surface area contributed by atoms with Gasteiger partial charge in [-0.05, 0) is 35.2 Å². The molecule has 158 valence electrons. The van der Waals surface area contributed by atoms with E-state index in [1.807, 2.05) is 48.5 Å². The van der Waals surface area contributed by atoms with E-state index >= 15 is 0 Å². The third-order valence-electron chi connectivity index (χ3n) is 4.49. The van der Waals surface area contributed by atoms with Crippen LogP contribution in [0.5, 0.6) is 5.75 Å². The first-order valence-electron chi connectivity index (χ1n) is 9.55. The molecule has 4 N–H and O–H groups in total. The van der Waals surface area contributed by atoms with Gasteiger partial charge in [-0.2, -0.15) is 0 Å². The zero-order chi connectivity index (χ0) is 21.5. The van der Waals surface area contributed by atoms with E-state index in [-0.39, 0.29) is 5.91 Å². The number of carbonyl (C=O) groups excluding carboxylic acids is 1. The number of ether oxygens (including phenoxy) is 1. The molecule has 0 aliphatic rings. The summed E-state index contributed by atoms with van der Waals surface area (Å²) in [7, 11) is 3.24. The van der Waals surface area contributed by atoms with Crippen molar-refractivity contribution in [3.05, 3.63) is 59.0 Å². The lowest BCUT2D eigenvalue weighted by atomic mass is 10.2. The van der Waals surface area contributed by atoms with Crippen LogP contribution in [0.25, 0.3) is 10.1 Å². The molecule has 30 heavy (non-hydrogen) atoms. The van der Waals surface area contributed by atoms with E-state index in [0.29, 0.717) is 30.5 Å². The molecule has 8 heteroatoms. The molecule has 3 aromatic rings. The van der Waals surface area contributed by atoms with Crippen LogP contribution in [0.3, 0.4) is 0 Å². The topological polar surface area (TPSA) is 95.0 Å². The molecule has 1 unspecified atom stereocenters. The second kappa shape index (κ2) is 10.1. The van der Waals surface area contributed by atoms with Gasteiger partial charge < -0.3 is 25.8 Å². The summed E-state index contributed by atoms with van der Waals surface area (Å²) in [6.45, 7) is 2.29. The van der Waals surface area contributed by atoms with Crippen LogP contribution in [-0.2, 0) is 11.3 Å². The predicted molar refractivity (Wildman–Crippen MR) is 122 cm³/mol. The van der Waals surface area contributed by atoms with Crippen LogP contribution in [0.2, 0.25) is 0 Å². The van der Waals surface area contributed by atoms with E-state index in [2.05, 4.69) is 20.9 Å². The fourth-order valence-corrected chi connectivity index (χ4v) is 4.07. The molecule has 0 bridgehead atoms. The fraction of sp³-hybridized carbons (Fsp3) is 0.273. The third kappa shape index (κ3) is 5.49. The Hall–Kier alpha value is -3.10. The molecule has 0 spiro atoms. The summed E-state index contributed by atoms with van der Waals surface area (Å²) in [6.07, 6.45) is -0.631. The van der Waals surface area contributed by atoms with Gasteiger partial charge in [0.1, 0.15) is 11.9 Å². The minimum Gasteiger partial charge on any atom is -0.495 e. The van der Waals surface area contributed by atoms with Crippen molar-refractivity contribution >= 4 is 39.0 Å². The van der Waals surface area contributed by atoms with Crippen LogP contribution in [0, 0.1) is 0 Å². The maximum Gasteiger partial charge on any atom is 0.221 e. The van der Waals surface area contributed by atoms with Gasteiger partial charge in [-0.1, -0.05) is 24.3 Å². The van der Waals surface area contributed by atoms with E-state index in [1.165, 1.54) is 6.92 Å². The Morgan fingerprint density at radius 3 is 2.70 bits per heavy atom. The van der Waals surface area contributed by atoms with Gasteiger partial charge in [0.15, 0.2) is 5.96 Å². The highest BCUT2D eigenvalue weighted by molar-refractivity contribution is 7.19. The molecule has 0 fully saturated rings. The zero-order valence-corrected chi connectivity index (χ0v) is 18.0. The Labute approximate surface area is 179 Å². The third-order valence-corrected chi connectivity index (χ3v) is 5.71. The van der Waals surface area contributed by atoms with Crippen molar-refractivity contribution in [1.29, 1.82) is 0 Å². The number of aliphatic hydroxyl groups is 1. The highest BCUT2D eigenvalue weighted by atomic mass is 32.1. The summed E-state index contributed by atoms with van der Waals surface area (Å²) < 4.78 is 6.43. The standard InChI is InChI=1S/C22H26N4O3S/c1-14(27)26-17-10-15(8-9-19(17)29-3)12-24-22(23-2)25-13-18(28)21-11-16-6-4-5-7-20(16)30-21/h4-11,18,28H,12-13H2,1-3H3,(H,26,27)(H2,23,24,25). The molecule has 0 radical (unpaired) electrons. The lowest BCUT2D eigenvalue weighted by Gasteiger charge is -2.16. The number of guanidine groups is 1. The molecule has 1 atom stereocenters. The van der Waals surface area contributed by atoms with E-state index in [0.717, 1.165) is 20.5 Å². The number of amides is 1. The number of benzene rings is 2. The number of nitrogens with zero attached hydrogens (tertiary/aromatic N) is 1. The molecular formula is C22H26N4O3S. The highest BCUT2D eigenvalue weighted by Gasteiger charge is 2.12. The van der Waals surface area contributed by atoms with Crippen molar-refractivity contribution in [3.8, 4) is 5.75 Å². The van der Waals surface area contributed by atoms with Gasteiger partial charge in [0.25, 0.3) is 0 Å². The van der Waals surface area contributed by atoms with Gasteiger partial charge in [-0.3, -0.25) is 9.79 Å². The minimum atomic E-state index is -0.631. The van der Waals surface area contributed by atoms with E-state index in [1.54, 1.807) is 25.5 Å². The average molecular weight is 427 g/mol. The maximum absolute atomic E-state index is 11.4. The van der Waals surface area contributed by atoms with Crippen molar-refractivity contribution in [3.63, 3.8) is 0 Å². The van der Waals surface area contributed by atoms with Crippen LogP contribution in [0.15, 0.2) is 53.5 Å². The van der Waals surface area contributed by atoms with E-state index in [9.17, 15) is 9.90 Å². The Morgan fingerprint density at radius 2 is 2.00 bits per heavy atom. The number of methoxy groups -OCH3 is 1. The van der Waals surface area contributed by atoms with Crippen molar-refractivity contribution < 1.29 is 14.6 Å². The van der Waals surface area contributed by atoms with E-state index < -0.39 is 6.10 Å². The molecule has 0 aliphatic carbocycles.